The number of amides is 1. The van der Waals surface area contributed by atoms with Crippen LogP contribution < -0.4 is 10.2 Å². The number of carbonyl (C=O) groups is 1. The molecule has 4 rings (SSSR count). The number of rotatable bonds is 3. The van der Waals surface area contributed by atoms with Crippen molar-refractivity contribution in [2.45, 2.75) is 13.8 Å². The Morgan fingerprint density at radius 3 is 2.58 bits per heavy atom. The van der Waals surface area contributed by atoms with E-state index in [9.17, 15) is 4.79 Å². The predicted molar refractivity (Wildman–Crippen MR) is 102 cm³/mol. The fourth-order valence-corrected chi connectivity index (χ4v) is 3.31. The molecule has 1 saturated heterocycles. The lowest BCUT2D eigenvalue weighted by Gasteiger charge is -2.28. The van der Waals surface area contributed by atoms with Crippen molar-refractivity contribution in [3.63, 3.8) is 0 Å². The normalized spacial score (nSPS) is 14.6. The lowest BCUT2D eigenvalue weighted by molar-refractivity contribution is 0.102. The smallest absolute Gasteiger partial charge is 0.274 e. The van der Waals surface area contributed by atoms with Gasteiger partial charge < -0.3 is 15.0 Å². The van der Waals surface area contributed by atoms with Crippen LogP contribution >= 0.6 is 0 Å². The van der Waals surface area contributed by atoms with Gasteiger partial charge in [0.2, 0.25) is 0 Å². The molecule has 134 valence electrons. The average molecular weight is 350 g/mol. The highest BCUT2D eigenvalue weighted by Gasteiger charge is 2.17. The largest absolute Gasteiger partial charge is 0.378 e. The van der Waals surface area contributed by atoms with E-state index < -0.39 is 0 Å². The maximum atomic E-state index is 12.8. The van der Waals surface area contributed by atoms with Crippen LogP contribution in [0.25, 0.3) is 5.65 Å². The molecular weight excluding hydrogens is 328 g/mol. The zero-order chi connectivity index (χ0) is 18.1. The third-order valence-corrected chi connectivity index (χ3v) is 4.67. The Bertz CT molecular complexity index is 940. The molecule has 0 aliphatic carbocycles. The number of aryl methyl sites for hydroxylation is 2. The summed E-state index contributed by atoms with van der Waals surface area (Å²) in [5, 5.41) is 2.98. The number of fused-ring (bicyclic) bond motifs is 1. The van der Waals surface area contributed by atoms with Crippen LogP contribution in [0.1, 0.15) is 21.7 Å². The minimum atomic E-state index is -0.155. The van der Waals surface area contributed by atoms with Crippen molar-refractivity contribution in [1.29, 1.82) is 0 Å². The molecule has 1 aromatic carbocycles. The van der Waals surface area contributed by atoms with E-state index in [1.54, 1.807) is 0 Å². The van der Waals surface area contributed by atoms with Gasteiger partial charge in [0.25, 0.3) is 5.91 Å². The summed E-state index contributed by atoms with van der Waals surface area (Å²) < 4.78 is 7.22. The highest BCUT2D eigenvalue weighted by Crippen LogP contribution is 2.20. The molecular formula is C20H22N4O2. The molecule has 0 radical (unpaired) electrons. The van der Waals surface area contributed by atoms with Crippen molar-refractivity contribution in [3.8, 4) is 0 Å². The molecule has 6 nitrogen and oxygen atoms in total. The van der Waals surface area contributed by atoms with E-state index in [0.717, 1.165) is 54.6 Å². The summed E-state index contributed by atoms with van der Waals surface area (Å²) in [5.74, 6) is -0.155. The fourth-order valence-electron chi connectivity index (χ4n) is 3.31. The number of nitrogens with one attached hydrogen (secondary N) is 1. The zero-order valence-corrected chi connectivity index (χ0v) is 15.0. The molecule has 0 saturated carbocycles. The SMILES string of the molecule is Cc1ccn2c(C(=O)Nc3ccc(N4CCOCC4)cc3)c(C)nc2c1. The molecule has 0 atom stereocenters. The maximum Gasteiger partial charge on any atom is 0.274 e. The van der Waals surface area contributed by atoms with Crippen LogP contribution in [0.4, 0.5) is 11.4 Å². The molecule has 1 N–H and O–H groups in total. The highest BCUT2D eigenvalue weighted by atomic mass is 16.5. The van der Waals surface area contributed by atoms with Crippen molar-refractivity contribution in [2.24, 2.45) is 0 Å². The van der Waals surface area contributed by atoms with Gasteiger partial charge in [0, 0.05) is 30.7 Å². The van der Waals surface area contributed by atoms with Crippen molar-refractivity contribution in [1.82, 2.24) is 9.38 Å². The molecule has 26 heavy (non-hydrogen) atoms. The standard InChI is InChI=1S/C20H22N4O2/c1-14-7-8-24-18(13-14)21-15(2)19(24)20(25)22-16-3-5-17(6-4-16)23-9-11-26-12-10-23/h3-8,13H,9-12H2,1-2H3,(H,22,25). The number of pyridine rings is 1. The van der Waals surface area contributed by atoms with Crippen LogP contribution in [0.3, 0.4) is 0 Å². The number of aromatic nitrogens is 2. The van der Waals surface area contributed by atoms with Gasteiger partial charge in [0.05, 0.1) is 18.9 Å². The predicted octanol–water partition coefficient (Wildman–Crippen LogP) is 3.04. The van der Waals surface area contributed by atoms with Crippen LogP contribution in [-0.2, 0) is 4.74 Å². The van der Waals surface area contributed by atoms with Gasteiger partial charge in [-0.2, -0.15) is 0 Å². The number of anilines is 2. The Balaban J connectivity index is 1.54. The molecule has 3 heterocycles. The number of benzene rings is 1. The van der Waals surface area contributed by atoms with E-state index in [1.807, 2.05) is 60.8 Å². The highest BCUT2D eigenvalue weighted by molar-refractivity contribution is 6.04. The van der Waals surface area contributed by atoms with Crippen molar-refractivity contribution in [3.05, 3.63) is 59.5 Å². The minimum absolute atomic E-state index is 0.155. The van der Waals surface area contributed by atoms with E-state index in [-0.39, 0.29) is 5.91 Å². The van der Waals surface area contributed by atoms with E-state index in [2.05, 4.69) is 15.2 Å². The van der Waals surface area contributed by atoms with Gasteiger partial charge in [0.15, 0.2) is 0 Å². The fraction of sp³-hybridized carbons (Fsp3) is 0.300. The Morgan fingerprint density at radius 1 is 1.12 bits per heavy atom. The molecule has 6 heteroatoms. The van der Waals surface area contributed by atoms with Crippen LogP contribution in [-0.4, -0.2) is 41.6 Å². The summed E-state index contributed by atoms with van der Waals surface area (Å²) in [7, 11) is 0. The topological polar surface area (TPSA) is 58.9 Å². The quantitative estimate of drug-likeness (QED) is 0.789. The monoisotopic (exact) mass is 350 g/mol. The van der Waals surface area contributed by atoms with Crippen molar-refractivity contribution < 1.29 is 9.53 Å². The first kappa shape index (κ1) is 16.6. The second kappa shape index (κ2) is 6.80. The number of nitrogens with zero attached hydrogens (tertiary/aromatic N) is 3. The molecule has 3 aromatic rings. The summed E-state index contributed by atoms with van der Waals surface area (Å²) >= 11 is 0. The van der Waals surface area contributed by atoms with Crippen LogP contribution in [0.2, 0.25) is 0 Å². The molecule has 1 fully saturated rings. The van der Waals surface area contributed by atoms with Crippen LogP contribution in [0, 0.1) is 13.8 Å². The maximum absolute atomic E-state index is 12.8. The number of morpholine rings is 1. The van der Waals surface area contributed by atoms with Gasteiger partial charge in [-0.3, -0.25) is 9.20 Å². The number of hydrogen-bond acceptors (Lipinski definition) is 4. The third-order valence-electron chi connectivity index (χ3n) is 4.67. The molecule has 1 aliphatic heterocycles. The lowest BCUT2D eigenvalue weighted by Crippen LogP contribution is -2.36. The molecule has 0 bridgehead atoms. The van der Waals surface area contributed by atoms with E-state index >= 15 is 0 Å². The number of carbonyl (C=O) groups excluding carboxylic acids is 1. The van der Waals surface area contributed by atoms with Gasteiger partial charge in [-0.05, 0) is 55.8 Å². The number of ether oxygens (including phenoxy) is 1. The summed E-state index contributed by atoms with van der Waals surface area (Å²) in [4.78, 5) is 19.6. The Kier molecular flexibility index (Phi) is 4.34. The van der Waals surface area contributed by atoms with Crippen LogP contribution in [0.15, 0.2) is 42.6 Å². The van der Waals surface area contributed by atoms with E-state index in [4.69, 9.17) is 4.74 Å². The summed E-state index contributed by atoms with van der Waals surface area (Å²) in [5.41, 5.74) is 5.11. The first-order valence-electron chi connectivity index (χ1n) is 8.81. The van der Waals surface area contributed by atoms with E-state index in [1.165, 1.54) is 0 Å². The van der Waals surface area contributed by atoms with Crippen LogP contribution in [0.5, 0.6) is 0 Å². The Hall–Kier alpha value is -2.86. The second-order valence-corrected chi connectivity index (χ2v) is 6.58. The van der Waals surface area contributed by atoms with Gasteiger partial charge in [-0.15, -0.1) is 0 Å². The summed E-state index contributed by atoms with van der Waals surface area (Å²) in [6, 6.07) is 11.9. The van der Waals surface area contributed by atoms with E-state index in [0.29, 0.717) is 5.69 Å². The Labute approximate surface area is 152 Å². The Morgan fingerprint density at radius 2 is 1.85 bits per heavy atom. The number of imidazole rings is 1. The van der Waals surface area contributed by atoms with Crippen molar-refractivity contribution >= 4 is 22.9 Å². The number of hydrogen-bond donors (Lipinski definition) is 1. The molecule has 0 spiro atoms. The summed E-state index contributed by atoms with van der Waals surface area (Å²) in [6.07, 6.45) is 1.89. The van der Waals surface area contributed by atoms with Gasteiger partial charge in [0.1, 0.15) is 11.3 Å². The first-order chi connectivity index (χ1) is 12.6. The van der Waals surface area contributed by atoms with Gasteiger partial charge >= 0.3 is 0 Å². The van der Waals surface area contributed by atoms with Crippen molar-refractivity contribution in [2.75, 3.05) is 36.5 Å². The molecule has 2 aromatic heterocycles. The second-order valence-electron chi connectivity index (χ2n) is 6.58. The lowest BCUT2D eigenvalue weighted by atomic mass is 10.2. The minimum Gasteiger partial charge on any atom is -0.378 e. The summed E-state index contributed by atoms with van der Waals surface area (Å²) in [6.45, 7) is 7.17. The molecule has 0 unspecified atom stereocenters. The first-order valence-corrected chi connectivity index (χ1v) is 8.81. The third kappa shape index (κ3) is 3.15. The molecule has 1 aliphatic rings. The average Bonchev–Trinajstić information content (AvgIpc) is 2.98. The molecule has 1 amide bonds. The zero-order valence-electron chi connectivity index (χ0n) is 15.0. The van der Waals surface area contributed by atoms with Gasteiger partial charge in [-0.25, -0.2) is 4.98 Å². The van der Waals surface area contributed by atoms with Gasteiger partial charge in [-0.1, -0.05) is 0 Å².